The number of rotatable bonds is 6. The van der Waals surface area contributed by atoms with E-state index in [2.05, 4.69) is 21.2 Å². The van der Waals surface area contributed by atoms with Gasteiger partial charge in [0.15, 0.2) is 11.5 Å². The summed E-state index contributed by atoms with van der Waals surface area (Å²) in [5.74, 6) is 0.862. The number of para-hydroxylation sites is 1. The van der Waals surface area contributed by atoms with Crippen molar-refractivity contribution in [3.8, 4) is 11.5 Å². The van der Waals surface area contributed by atoms with Crippen LogP contribution in [0, 0.1) is 0 Å². The van der Waals surface area contributed by atoms with E-state index in [1.165, 1.54) is 7.11 Å². The van der Waals surface area contributed by atoms with Crippen LogP contribution in [-0.4, -0.2) is 31.5 Å². The van der Waals surface area contributed by atoms with Gasteiger partial charge in [0.05, 0.1) is 19.8 Å². The van der Waals surface area contributed by atoms with E-state index >= 15 is 0 Å². The van der Waals surface area contributed by atoms with E-state index in [9.17, 15) is 4.79 Å². The Balaban J connectivity index is 2.91. The average molecular weight is 316 g/mol. The molecular formula is C13H18BrNO3. The Labute approximate surface area is 116 Å². The van der Waals surface area contributed by atoms with Gasteiger partial charge in [0.1, 0.15) is 0 Å². The Morgan fingerprint density at radius 1 is 1.39 bits per heavy atom. The zero-order valence-electron chi connectivity index (χ0n) is 10.8. The number of hydrogen-bond donors (Lipinski definition) is 1. The third-order valence-corrected chi connectivity index (χ3v) is 3.03. The number of methoxy groups -OCH3 is 2. The topological polar surface area (TPSA) is 47.6 Å². The fourth-order valence-electron chi connectivity index (χ4n) is 1.60. The van der Waals surface area contributed by atoms with Crippen molar-refractivity contribution in [2.75, 3.05) is 19.5 Å². The molecule has 0 aliphatic rings. The highest BCUT2D eigenvalue weighted by atomic mass is 79.9. The molecule has 1 aromatic rings. The maximum atomic E-state index is 12.1. The summed E-state index contributed by atoms with van der Waals surface area (Å²) in [4.78, 5) is 12.1. The van der Waals surface area contributed by atoms with Gasteiger partial charge in [-0.25, -0.2) is 0 Å². The van der Waals surface area contributed by atoms with Crippen molar-refractivity contribution in [3.63, 3.8) is 0 Å². The normalized spacial score (nSPS) is 11.8. The highest BCUT2D eigenvalue weighted by Crippen LogP contribution is 2.30. The van der Waals surface area contributed by atoms with E-state index in [1.54, 1.807) is 25.3 Å². The van der Waals surface area contributed by atoms with Crippen LogP contribution in [0.1, 0.15) is 23.7 Å². The lowest BCUT2D eigenvalue weighted by Gasteiger charge is -2.15. The molecule has 0 heterocycles. The molecule has 0 aliphatic carbocycles. The van der Waals surface area contributed by atoms with Gasteiger partial charge in [0.2, 0.25) is 0 Å². The summed E-state index contributed by atoms with van der Waals surface area (Å²) >= 11 is 3.35. The first-order chi connectivity index (χ1) is 8.63. The quantitative estimate of drug-likeness (QED) is 0.821. The zero-order valence-corrected chi connectivity index (χ0v) is 12.4. The lowest BCUT2D eigenvalue weighted by molar-refractivity contribution is 0.0936. The van der Waals surface area contributed by atoms with Gasteiger partial charge in [-0.3, -0.25) is 4.79 Å². The number of alkyl halides is 1. The Kier molecular flexibility index (Phi) is 5.98. The third-order valence-electron chi connectivity index (χ3n) is 2.57. The molecule has 0 aromatic heterocycles. The summed E-state index contributed by atoms with van der Waals surface area (Å²) < 4.78 is 10.4. The fourth-order valence-corrected chi connectivity index (χ4v) is 2.29. The van der Waals surface area contributed by atoms with Crippen molar-refractivity contribution < 1.29 is 14.3 Å². The molecule has 1 atom stereocenters. The third kappa shape index (κ3) is 3.63. The number of benzene rings is 1. The van der Waals surface area contributed by atoms with Gasteiger partial charge in [-0.05, 0) is 25.5 Å². The second-order valence-electron chi connectivity index (χ2n) is 3.89. The monoisotopic (exact) mass is 315 g/mol. The minimum Gasteiger partial charge on any atom is -0.493 e. The van der Waals surface area contributed by atoms with E-state index in [0.29, 0.717) is 17.1 Å². The Bertz CT molecular complexity index is 409. The van der Waals surface area contributed by atoms with Crippen LogP contribution in [0.3, 0.4) is 0 Å². The molecule has 1 rings (SSSR count). The molecule has 1 N–H and O–H groups in total. The molecule has 1 unspecified atom stereocenters. The maximum Gasteiger partial charge on any atom is 0.255 e. The van der Waals surface area contributed by atoms with Gasteiger partial charge in [-0.15, -0.1) is 0 Å². The van der Waals surface area contributed by atoms with Crippen LogP contribution in [0.5, 0.6) is 11.5 Å². The molecule has 0 bridgehead atoms. The average Bonchev–Trinajstić information content (AvgIpc) is 2.37. The zero-order chi connectivity index (χ0) is 13.5. The summed E-state index contributed by atoms with van der Waals surface area (Å²) in [7, 11) is 3.07. The molecule has 0 saturated heterocycles. The summed E-state index contributed by atoms with van der Waals surface area (Å²) in [5, 5.41) is 3.77. The molecule has 0 radical (unpaired) electrons. The molecule has 0 saturated carbocycles. The predicted octanol–water partition coefficient (Wildman–Crippen LogP) is 2.61. The molecule has 100 valence electrons. The van der Waals surface area contributed by atoms with Gasteiger partial charge in [-0.2, -0.15) is 0 Å². The highest BCUT2D eigenvalue weighted by molar-refractivity contribution is 9.09. The second kappa shape index (κ2) is 7.26. The van der Waals surface area contributed by atoms with Crippen LogP contribution < -0.4 is 14.8 Å². The molecule has 0 aliphatic heterocycles. The number of nitrogens with one attached hydrogen (secondary N) is 1. The molecular weight excluding hydrogens is 298 g/mol. The summed E-state index contributed by atoms with van der Waals surface area (Å²) in [5.41, 5.74) is 0.485. The molecule has 4 nitrogen and oxygen atoms in total. The van der Waals surface area contributed by atoms with Crippen LogP contribution in [0.25, 0.3) is 0 Å². The van der Waals surface area contributed by atoms with Crippen LogP contribution in [0.15, 0.2) is 18.2 Å². The van der Waals surface area contributed by atoms with Crippen molar-refractivity contribution in [3.05, 3.63) is 23.8 Å². The van der Waals surface area contributed by atoms with Crippen molar-refractivity contribution in [1.82, 2.24) is 5.32 Å². The maximum absolute atomic E-state index is 12.1. The van der Waals surface area contributed by atoms with Crippen molar-refractivity contribution in [2.24, 2.45) is 0 Å². The molecule has 1 amide bonds. The second-order valence-corrected chi connectivity index (χ2v) is 4.69. The first-order valence-corrected chi connectivity index (χ1v) is 6.84. The van der Waals surface area contributed by atoms with Crippen molar-refractivity contribution in [1.29, 1.82) is 0 Å². The molecule has 5 heteroatoms. The number of hydrogen-bond acceptors (Lipinski definition) is 3. The summed E-state index contributed by atoms with van der Waals surface area (Å²) in [6.45, 7) is 1.96. The largest absolute Gasteiger partial charge is 0.493 e. The van der Waals surface area contributed by atoms with Gasteiger partial charge >= 0.3 is 0 Å². The minimum absolute atomic E-state index is 0.104. The van der Waals surface area contributed by atoms with E-state index in [4.69, 9.17) is 9.47 Å². The number of carbonyl (C=O) groups is 1. The van der Waals surface area contributed by atoms with Gasteiger partial charge in [0, 0.05) is 11.4 Å². The van der Waals surface area contributed by atoms with Crippen LogP contribution in [0.2, 0.25) is 0 Å². The first-order valence-electron chi connectivity index (χ1n) is 5.71. The van der Waals surface area contributed by atoms with E-state index in [-0.39, 0.29) is 11.9 Å². The minimum atomic E-state index is -0.154. The number of halogens is 1. The lowest BCUT2D eigenvalue weighted by atomic mass is 10.1. The van der Waals surface area contributed by atoms with Crippen LogP contribution in [0.4, 0.5) is 0 Å². The van der Waals surface area contributed by atoms with Gasteiger partial charge < -0.3 is 14.8 Å². The highest BCUT2D eigenvalue weighted by Gasteiger charge is 2.17. The van der Waals surface area contributed by atoms with Crippen LogP contribution >= 0.6 is 15.9 Å². The van der Waals surface area contributed by atoms with Gasteiger partial charge in [-0.1, -0.05) is 22.0 Å². The predicted molar refractivity (Wildman–Crippen MR) is 74.9 cm³/mol. The fraction of sp³-hybridized carbons (Fsp3) is 0.462. The number of ether oxygens (including phenoxy) is 2. The van der Waals surface area contributed by atoms with Gasteiger partial charge in [0.25, 0.3) is 5.91 Å². The van der Waals surface area contributed by atoms with E-state index < -0.39 is 0 Å². The van der Waals surface area contributed by atoms with E-state index in [0.717, 1.165) is 11.8 Å². The standard InChI is InChI=1S/C13H18BrNO3/c1-9(7-8-14)15-13(16)10-5-4-6-11(17-2)12(10)18-3/h4-6,9H,7-8H2,1-3H3,(H,15,16). The molecule has 18 heavy (non-hydrogen) atoms. The van der Waals surface area contributed by atoms with E-state index in [1.807, 2.05) is 6.92 Å². The molecule has 0 spiro atoms. The van der Waals surface area contributed by atoms with Crippen molar-refractivity contribution in [2.45, 2.75) is 19.4 Å². The summed E-state index contributed by atoms with van der Waals surface area (Å²) in [6, 6.07) is 5.35. The number of amides is 1. The number of carbonyl (C=O) groups excluding carboxylic acids is 1. The summed E-state index contributed by atoms with van der Waals surface area (Å²) in [6.07, 6.45) is 0.873. The Hall–Kier alpha value is -1.23. The SMILES string of the molecule is COc1cccc(C(=O)NC(C)CCBr)c1OC. The molecule has 0 fully saturated rings. The Morgan fingerprint density at radius 2 is 2.11 bits per heavy atom. The lowest BCUT2D eigenvalue weighted by Crippen LogP contribution is -2.33. The smallest absolute Gasteiger partial charge is 0.255 e. The van der Waals surface area contributed by atoms with Crippen molar-refractivity contribution >= 4 is 21.8 Å². The first kappa shape index (κ1) is 14.8. The Morgan fingerprint density at radius 3 is 2.67 bits per heavy atom. The van der Waals surface area contributed by atoms with Crippen LogP contribution in [-0.2, 0) is 0 Å². The molecule has 1 aromatic carbocycles.